The maximum absolute atomic E-state index is 13.2. The number of rotatable bonds is 5. The molecular weight excluding hydrogens is 450 g/mol. The lowest BCUT2D eigenvalue weighted by atomic mass is 10.0. The van der Waals surface area contributed by atoms with Gasteiger partial charge in [0.2, 0.25) is 11.8 Å². The SMILES string of the molecule is Cc1ccc(Oc2nc(N3CCOCC3)nc3c2CN(C(=O)c2ccc([N+](=O)[O-])cc2)CC3)cc1. The van der Waals surface area contributed by atoms with E-state index in [1.54, 1.807) is 4.90 Å². The number of carbonyl (C=O) groups is 1. The van der Waals surface area contributed by atoms with E-state index in [0.29, 0.717) is 62.4 Å². The fourth-order valence-corrected chi connectivity index (χ4v) is 4.16. The quantitative estimate of drug-likeness (QED) is 0.407. The van der Waals surface area contributed by atoms with Crippen LogP contribution in [-0.2, 0) is 17.7 Å². The van der Waals surface area contributed by atoms with Crippen molar-refractivity contribution >= 4 is 17.5 Å². The van der Waals surface area contributed by atoms with Crippen molar-refractivity contribution in [1.82, 2.24) is 14.9 Å². The average Bonchev–Trinajstić information content (AvgIpc) is 2.90. The van der Waals surface area contributed by atoms with Crippen molar-refractivity contribution in [2.24, 2.45) is 0 Å². The molecule has 0 atom stereocenters. The molecule has 1 fully saturated rings. The summed E-state index contributed by atoms with van der Waals surface area (Å²) in [6, 6.07) is 13.4. The van der Waals surface area contributed by atoms with E-state index in [1.165, 1.54) is 24.3 Å². The Labute approximate surface area is 202 Å². The second kappa shape index (κ2) is 9.67. The molecule has 10 nitrogen and oxygen atoms in total. The molecule has 180 valence electrons. The molecule has 0 bridgehead atoms. The van der Waals surface area contributed by atoms with Gasteiger partial charge in [-0.05, 0) is 31.2 Å². The molecule has 1 amide bonds. The van der Waals surface area contributed by atoms with Crippen LogP contribution in [-0.4, -0.2) is 58.5 Å². The third-order valence-electron chi connectivity index (χ3n) is 6.15. The number of anilines is 1. The number of nitrogens with zero attached hydrogens (tertiary/aromatic N) is 5. The summed E-state index contributed by atoms with van der Waals surface area (Å²) in [4.78, 5) is 37.0. The zero-order chi connectivity index (χ0) is 24.4. The van der Waals surface area contributed by atoms with Gasteiger partial charge < -0.3 is 19.3 Å². The van der Waals surface area contributed by atoms with Gasteiger partial charge in [0.05, 0.1) is 35.9 Å². The number of carbonyl (C=O) groups excluding carboxylic acids is 1. The predicted molar refractivity (Wildman–Crippen MR) is 128 cm³/mol. The number of amides is 1. The number of nitro groups is 1. The Balaban J connectivity index is 1.45. The third-order valence-corrected chi connectivity index (χ3v) is 6.15. The van der Waals surface area contributed by atoms with Crippen molar-refractivity contribution in [1.29, 1.82) is 0 Å². The van der Waals surface area contributed by atoms with Gasteiger partial charge in [0.15, 0.2) is 0 Å². The van der Waals surface area contributed by atoms with E-state index in [-0.39, 0.29) is 18.1 Å². The van der Waals surface area contributed by atoms with Crippen LogP contribution in [0.25, 0.3) is 0 Å². The highest BCUT2D eigenvalue weighted by atomic mass is 16.6. The monoisotopic (exact) mass is 475 g/mol. The summed E-state index contributed by atoms with van der Waals surface area (Å²) in [7, 11) is 0. The highest BCUT2D eigenvalue weighted by Crippen LogP contribution is 2.32. The van der Waals surface area contributed by atoms with Crippen molar-refractivity contribution in [3.05, 3.63) is 81.0 Å². The van der Waals surface area contributed by atoms with Crippen molar-refractivity contribution in [2.75, 3.05) is 37.7 Å². The summed E-state index contributed by atoms with van der Waals surface area (Å²) in [5.41, 5.74) is 3.09. The molecule has 1 saturated heterocycles. The zero-order valence-corrected chi connectivity index (χ0v) is 19.3. The van der Waals surface area contributed by atoms with E-state index in [1.807, 2.05) is 31.2 Å². The van der Waals surface area contributed by atoms with Crippen LogP contribution in [0.2, 0.25) is 0 Å². The number of nitro benzene ring substituents is 1. The normalized spacial score (nSPS) is 15.5. The van der Waals surface area contributed by atoms with Crippen LogP contribution >= 0.6 is 0 Å². The first-order valence-corrected chi connectivity index (χ1v) is 11.5. The van der Waals surface area contributed by atoms with Crippen LogP contribution in [0.5, 0.6) is 11.6 Å². The first-order chi connectivity index (χ1) is 17.0. The van der Waals surface area contributed by atoms with E-state index in [2.05, 4.69) is 4.90 Å². The molecule has 0 aliphatic carbocycles. The van der Waals surface area contributed by atoms with Gasteiger partial charge in [-0.3, -0.25) is 14.9 Å². The molecule has 10 heteroatoms. The maximum Gasteiger partial charge on any atom is 0.269 e. The fourth-order valence-electron chi connectivity index (χ4n) is 4.16. The molecule has 5 rings (SSSR count). The lowest BCUT2D eigenvalue weighted by molar-refractivity contribution is -0.384. The van der Waals surface area contributed by atoms with Crippen LogP contribution in [0.1, 0.15) is 27.2 Å². The largest absolute Gasteiger partial charge is 0.438 e. The van der Waals surface area contributed by atoms with E-state index in [0.717, 1.165) is 16.8 Å². The molecule has 0 unspecified atom stereocenters. The van der Waals surface area contributed by atoms with Gasteiger partial charge in [-0.1, -0.05) is 17.7 Å². The van der Waals surface area contributed by atoms with E-state index < -0.39 is 4.92 Å². The average molecular weight is 476 g/mol. The summed E-state index contributed by atoms with van der Waals surface area (Å²) >= 11 is 0. The standard InChI is InChI=1S/C25H25N5O5/c1-17-2-8-20(9-3-17)35-23-21-16-29(24(31)18-4-6-19(7-5-18)30(32)33)11-10-22(21)26-25(27-23)28-12-14-34-15-13-28/h2-9H,10-16H2,1H3. The Morgan fingerprint density at radius 2 is 1.74 bits per heavy atom. The first-order valence-electron chi connectivity index (χ1n) is 11.5. The third kappa shape index (κ3) is 4.92. The Morgan fingerprint density at radius 3 is 2.43 bits per heavy atom. The topological polar surface area (TPSA) is 111 Å². The molecular formula is C25H25N5O5. The van der Waals surface area contributed by atoms with Gasteiger partial charge in [-0.15, -0.1) is 0 Å². The molecule has 0 saturated carbocycles. The van der Waals surface area contributed by atoms with E-state index >= 15 is 0 Å². The van der Waals surface area contributed by atoms with E-state index in [4.69, 9.17) is 19.4 Å². The summed E-state index contributed by atoms with van der Waals surface area (Å²) in [6.45, 7) is 5.41. The first kappa shape index (κ1) is 22.7. The van der Waals surface area contributed by atoms with Gasteiger partial charge in [-0.25, -0.2) is 4.98 Å². The molecule has 0 radical (unpaired) electrons. The predicted octanol–water partition coefficient (Wildman–Crippen LogP) is 3.52. The van der Waals surface area contributed by atoms with Crippen LogP contribution in [0, 0.1) is 17.0 Å². The number of aromatic nitrogens is 2. The van der Waals surface area contributed by atoms with Crippen LogP contribution in [0.3, 0.4) is 0 Å². The highest BCUT2D eigenvalue weighted by Gasteiger charge is 2.29. The molecule has 0 N–H and O–H groups in total. The Kier molecular flexibility index (Phi) is 6.28. The number of non-ortho nitro benzene ring substituents is 1. The molecule has 35 heavy (non-hydrogen) atoms. The summed E-state index contributed by atoms with van der Waals surface area (Å²) < 4.78 is 11.7. The highest BCUT2D eigenvalue weighted by molar-refractivity contribution is 5.94. The molecule has 3 aromatic rings. The molecule has 2 aromatic carbocycles. The number of ether oxygens (including phenoxy) is 2. The molecule has 2 aliphatic heterocycles. The Hall–Kier alpha value is -4.05. The smallest absolute Gasteiger partial charge is 0.269 e. The minimum absolute atomic E-state index is 0.0524. The van der Waals surface area contributed by atoms with Crippen molar-refractivity contribution in [2.45, 2.75) is 19.9 Å². The number of fused-ring (bicyclic) bond motifs is 1. The van der Waals surface area contributed by atoms with Gasteiger partial charge in [0, 0.05) is 43.8 Å². The van der Waals surface area contributed by atoms with Crippen molar-refractivity contribution in [3.63, 3.8) is 0 Å². The zero-order valence-electron chi connectivity index (χ0n) is 19.3. The second-order valence-electron chi connectivity index (χ2n) is 8.55. The Morgan fingerprint density at radius 1 is 1.03 bits per heavy atom. The maximum atomic E-state index is 13.2. The van der Waals surface area contributed by atoms with Crippen LogP contribution in [0.15, 0.2) is 48.5 Å². The van der Waals surface area contributed by atoms with E-state index in [9.17, 15) is 14.9 Å². The molecule has 3 heterocycles. The van der Waals surface area contributed by atoms with Crippen LogP contribution in [0.4, 0.5) is 11.6 Å². The minimum atomic E-state index is -0.483. The number of morpholine rings is 1. The van der Waals surface area contributed by atoms with Gasteiger partial charge >= 0.3 is 0 Å². The second-order valence-corrected chi connectivity index (χ2v) is 8.55. The van der Waals surface area contributed by atoms with Crippen LogP contribution < -0.4 is 9.64 Å². The summed E-state index contributed by atoms with van der Waals surface area (Å²) in [5.74, 6) is 1.48. The summed E-state index contributed by atoms with van der Waals surface area (Å²) in [6.07, 6.45) is 0.554. The number of hydrogen-bond donors (Lipinski definition) is 0. The molecule has 1 aromatic heterocycles. The number of aryl methyl sites for hydroxylation is 1. The van der Waals surface area contributed by atoms with Crippen molar-refractivity contribution in [3.8, 4) is 11.6 Å². The van der Waals surface area contributed by atoms with Gasteiger partial charge in [0.25, 0.3) is 11.6 Å². The lowest BCUT2D eigenvalue weighted by Crippen LogP contribution is -2.39. The fraction of sp³-hybridized carbons (Fsp3) is 0.320. The van der Waals surface area contributed by atoms with Crippen molar-refractivity contribution < 1.29 is 19.2 Å². The van der Waals surface area contributed by atoms with Gasteiger partial charge in [0.1, 0.15) is 5.75 Å². The Bertz CT molecular complexity index is 1240. The summed E-state index contributed by atoms with van der Waals surface area (Å²) in [5, 5.41) is 10.9. The lowest BCUT2D eigenvalue weighted by Gasteiger charge is -2.32. The number of hydrogen-bond acceptors (Lipinski definition) is 8. The minimum Gasteiger partial charge on any atom is -0.438 e. The molecule has 2 aliphatic rings. The molecule has 0 spiro atoms. The van der Waals surface area contributed by atoms with Gasteiger partial charge in [-0.2, -0.15) is 4.98 Å². The number of benzene rings is 2.